The second-order valence-electron chi connectivity index (χ2n) is 4.39. The van der Waals surface area contributed by atoms with E-state index in [2.05, 4.69) is 5.32 Å². The van der Waals surface area contributed by atoms with Crippen LogP contribution in [-0.2, 0) is 6.54 Å². The first-order valence-corrected chi connectivity index (χ1v) is 6.18. The molecular weight excluding hydrogens is 272 g/mol. The first kappa shape index (κ1) is 14.5. The lowest BCUT2D eigenvalue weighted by Crippen LogP contribution is -2.12. The van der Waals surface area contributed by atoms with Crippen molar-refractivity contribution in [3.63, 3.8) is 0 Å². The predicted molar refractivity (Wildman–Crippen MR) is 77.4 cm³/mol. The molecule has 0 unspecified atom stereocenters. The number of aromatic hydroxyl groups is 1. The number of carboxylic acid groups (broad SMARTS) is 1. The SMILES string of the molecule is NCc1ccc(C(=O)Nc2cc(C(=O)O)ccc2O)cc1. The molecule has 0 saturated heterocycles. The number of aromatic carboxylic acids is 1. The molecule has 0 radical (unpaired) electrons. The summed E-state index contributed by atoms with van der Waals surface area (Å²) < 4.78 is 0. The number of nitrogens with one attached hydrogen (secondary N) is 1. The second-order valence-corrected chi connectivity index (χ2v) is 4.39. The van der Waals surface area contributed by atoms with E-state index in [4.69, 9.17) is 10.8 Å². The van der Waals surface area contributed by atoms with Crippen LogP contribution in [0.3, 0.4) is 0 Å². The van der Waals surface area contributed by atoms with Crippen molar-refractivity contribution in [3.05, 3.63) is 59.2 Å². The number of benzene rings is 2. The van der Waals surface area contributed by atoms with Crippen LogP contribution in [-0.4, -0.2) is 22.1 Å². The fourth-order valence-corrected chi connectivity index (χ4v) is 1.76. The molecule has 0 atom stereocenters. The normalized spacial score (nSPS) is 10.1. The molecule has 2 aromatic carbocycles. The van der Waals surface area contributed by atoms with Gasteiger partial charge in [0.15, 0.2) is 0 Å². The number of anilines is 1. The molecule has 1 amide bonds. The third-order valence-electron chi connectivity index (χ3n) is 2.94. The summed E-state index contributed by atoms with van der Waals surface area (Å²) in [5.74, 6) is -1.79. The van der Waals surface area contributed by atoms with E-state index in [1.165, 1.54) is 18.2 Å². The number of carboxylic acids is 1. The van der Waals surface area contributed by atoms with Crippen molar-refractivity contribution in [2.24, 2.45) is 5.73 Å². The molecule has 2 rings (SSSR count). The number of hydrogen-bond acceptors (Lipinski definition) is 4. The Kier molecular flexibility index (Phi) is 4.20. The molecule has 0 aliphatic rings. The Labute approximate surface area is 120 Å². The highest BCUT2D eigenvalue weighted by molar-refractivity contribution is 6.05. The van der Waals surface area contributed by atoms with Crippen molar-refractivity contribution in [3.8, 4) is 5.75 Å². The van der Waals surface area contributed by atoms with E-state index in [0.717, 1.165) is 5.56 Å². The maximum atomic E-state index is 12.0. The zero-order chi connectivity index (χ0) is 15.4. The third kappa shape index (κ3) is 3.37. The van der Waals surface area contributed by atoms with Crippen molar-refractivity contribution < 1.29 is 19.8 Å². The summed E-state index contributed by atoms with van der Waals surface area (Å²) in [6, 6.07) is 10.3. The van der Waals surface area contributed by atoms with Crippen molar-refractivity contribution in [1.29, 1.82) is 0 Å². The van der Waals surface area contributed by atoms with E-state index in [1.807, 2.05) is 0 Å². The largest absolute Gasteiger partial charge is 0.506 e. The Morgan fingerprint density at radius 2 is 1.67 bits per heavy atom. The monoisotopic (exact) mass is 286 g/mol. The van der Waals surface area contributed by atoms with Crippen LogP contribution in [0.4, 0.5) is 5.69 Å². The molecule has 0 heterocycles. The number of carbonyl (C=O) groups excluding carboxylic acids is 1. The van der Waals surface area contributed by atoms with Gasteiger partial charge in [0.1, 0.15) is 5.75 Å². The van der Waals surface area contributed by atoms with Gasteiger partial charge < -0.3 is 21.3 Å². The summed E-state index contributed by atoms with van der Waals surface area (Å²) in [5, 5.41) is 21.0. The smallest absolute Gasteiger partial charge is 0.335 e. The minimum Gasteiger partial charge on any atom is -0.506 e. The van der Waals surface area contributed by atoms with Crippen LogP contribution in [0.25, 0.3) is 0 Å². The van der Waals surface area contributed by atoms with E-state index in [-0.39, 0.29) is 17.0 Å². The van der Waals surface area contributed by atoms with Gasteiger partial charge in [0.2, 0.25) is 0 Å². The van der Waals surface area contributed by atoms with Gasteiger partial charge in [-0.1, -0.05) is 12.1 Å². The van der Waals surface area contributed by atoms with Crippen LogP contribution >= 0.6 is 0 Å². The highest BCUT2D eigenvalue weighted by atomic mass is 16.4. The molecule has 5 N–H and O–H groups in total. The Morgan fingerprint density at radius 1 is 1.05 bits per heavy atom. The fourth-order valence-electron chi connectivity index (χ4n) is 1.76. The lowest BCUT2D eigenvalue weighted by atomic mass is 10.1. The van der Waals surface area contributed by atoms with Gasteiger partial charge >= 0.3 is 5.97 Å². The van der Waals surface area contributed by atoms with Gasteiger partial charge in [0.05, 0.1) is 11.3 Å². The molecule has 0 aromatic heterocycles. The number of hydrogen-bond donors (Lipinski definition) is 4. The lowest BCUT2D eigenvalue weighted by molar-refractivity contribution is 0.0696. The maximum Gasteiger partial charge on any atom is 0.335 e. The number of amides is 1. The van der Waals surface area contributed by atoms with E-state index in [9.17, 15) is 14.7 Å². The van der Waals surface area contributed by atoms with Gasteiger partial charge in [-0.05, 0) is 35.9 Å². The first-order valence-electron chi connectivity index (χ1n) is 6.18. The average Bonchev–Trinajstić information content (AvgIpc) is 2.49. The quantitative estimate of drug-likeness (QED) is 0.640. The molecule has 0 saturated carbocycles. The van der Waals surface area contributed by atoms with Gasteiger partial charge in [-0.25, -0.2) is 4.79 Å². The molecule has 0 bridgehead atoms. The zero-order valence-corrected chi connectivity index (χ0v) is 11.0. The number of nitrogens with two attached hydrogens (primary N) is 1. The highest BCUT2D eigenvalue weighted by Gasteiger charge is 2.12. The van der Waals surface area contributed by atoms with Crippen molar-refractivity contribution in [2.75, 3.05) is 5.32 Å². The zero-order valence-electron chi connectivity index (χ0n) is 11.0. The summed E-state index contributed by atoms with van der Waals surface area (Å²) in [6.45, 7) is 0.378. The van der Waals surface area contributed by atoms with Crippen LogP contribution < -0.4 is 11.1 Å². The lowest BCUT2D eigenvalue weighted by Gasteiger charge is -2.08. The molecule has 0 spiro atoms. The van der Waals surface area contributed by atoms with Gasteiger partial charge in [0, 0.05) is 12.1 Å². The van der Waals surface area contributed by atoms with E-state index in [1.54, 1.807) is 24.3 Å². The molecule has 2 aromatic rings. The summed E-state index contributed by atoms with van der Waals surface area (Å²) in [4.78, 5) is 22.9. The molecule has 0 aliphatic heterocycles. The van der Waals surface area contributed by atoms with Crippen LogP contribution in [0.15, 0.2) is 42.5 Å². The van der Waals surface area contributed by atoms with Gasteiger partial charge in [-0.2, -0.15) is 0 Å². The van der Waals surface area contributed by atoms with Gasteiger partial charge in [0.25, 0.3) is 5.91 Å². The number of phenols is 1. The molecule has 6 heteroatoms. The Hall–Kier alpha value is -2.86. The van der Waals surface area contributed by atoms with Crippen molar-refractivity contribution >= 4 is 17.6 Å². The minimum atomic E-state index is -1.14. The Balaban J connectivity index is 2.22. The standard InChI is InChI=1S/C15H14N2O4/c16-8-9-1-3-10(4-2-9)14(19)17-12-7-11(15(20)21)5-6-13(12)18/h1-7,18H,8,16H2,(H,17,19)(H,20,21). The molecule has 6 nitrogen and oxygen atoms in total. The summed E-state index contributed by atoms with van der Waals surface area (Å²) in [6.07, 6.45) is 0. The Bertz CT molecular complexity index is 681. The summed E-state index contributed by atoms with van der Waals surface area (Å²) >= 11 is 0. The second kappa shape index (κ2) is 6.06. The molecular formula is C15H14N2O4. The van der Waals surface area contributed by atoms with E-state index in [0.29, 0.717) is 12.1 Å². The van der Waals surface area contributed by atoms with Gasteiger partial charge in [-0.3, -0.25) is 4.79 Å². The molecule has 21 heavy (non-hydrogen) atoms. The first-order chi connectivity index (χ1) is 10.0. The summed E-state index contributed by atoms with van der Waals surface area (Å²) in [7, 11) is 0. The fraction of sp³-hybridized carbons (Fsp3) is 0.0667. The van der Waals surface area contributed by atoms with Gasteiger partial charge in [-0.15, -0.1) is 0 Å². The maximum absolute atomic E-state index is 12.0. The van der Waals surface area contributed by atoms with Crippen molar-refractivity contribution in [2.45, 2.75) is 6.54 Å². The van der Waals surface area contributed by atoms with Crippen LogP contribution in [0, 0.1) is 0 Å². The number of rotatable bonds is 4. The van der Waals surface area contributed by atoms with Crippen LogP contribution in [0.1, 0.15) is 26.3 Å². The van der Waals surface area contributed by atoms with Crippen LogP contribution in [0.2, 0.25) is 0 Å². The average molecular weight is 286 g/mol. The number of phenolic OH excluding ortho intramolecular Hbond substituents is 1. The van der Waals surface area contributed by atoms with E-state index < -0.39 is 11.9 Å². The molecule has 108 valence electrons. The van der Waals surface area contributed by atoms with Crippen molar-refractivity contribution in [1.82, 2.24) is 0 Å². The summed E-state index contributed by atoms with van der Waals surface area (Å²) in [5.41, 5.74) is 6.77. The molecule has 0 fully saturated rings. The highest BCUT2D eigenvalue weighted by Crippen LogP contribution is 2.24. The Morgan fingerprint density at radius 3 is 2.24 bits per heavy atom. The van der Waals surface area contributed by atoms with Crippen LogP contribution in [0.5, 0.6) is 5.75 Å². The molecule has 0 aliphatic carbocycles. The number of carbonyl (C=O) groups is 2. The minimum absolute atomic E-state index is 0.0263. The third-order valence-corrected chi connectivity index (χ3v) is 2.94. The van der Waals surface area contributed by atoms with E-state index >= 15 is 0 Å². The topological polar surface area (TPSA) is 113 Å². The predicted octanol–water partition coefficient (Wildman–Crippen LogP) is 1.80.